The first-order valence-electron chi connectivity index (χ1n) is 4.60. The van der Waals surface area contributed by atoms with Gasteiger partial charge in [-0.25, -0.2) is 0 Å². The van der Waals surface area contributed by atoms with Gasteiger partial charge in [-0.15, -0.1) is 0 Å². The summed E-state index contributed by atoms with van der Waals surface area (Å²) in [6, 6.07) is 7.78. The molecule has 0 aliphatic heterocycles. The van der Waals surface area contributed by atoms with E-state index in [9.17, 15) is 9.59 Å². The van der Waals surface area contributed by atoms with Crippen molar-refractivity contribution in [2.24, 2.45) is 0 Å². The highest BCUT2D eigenvalue weighted by atomic mass is 16.2. The molecule has 0 aliphatic rings. The normalized spacial score (nSPS) is 10.2. The van der Waals surface area contributed by atoms with Crippen molar-refractivity contribution >= 4 is 18.3 Å². The van der Waals surface area contributed by atoms with Gasteiger partial charge in [0.05, 0.1) is 6.54 Å². The number of nitrogens with one attached hydrogen (secondary N) is 1. The Morgan fingerprint density at radius 3 is 2.67 bits per heavy atom. The lowest BCUT2D eigenvalue weighted by Gasteiger charge is -1.95. The molecule has 0 bridgehead atoms. The molecular formula is C12H12NO2. The van der Waals surface area contributed by atoms with Crippen molar-refractivity contribution in [2.75, 3.05) is 6.54 Å². The third kappa shape index (κ3) is 4.22. The van der Waals surface area contributed by atoms with E-state index >= 15 is 0 Å². The van der Waals surface area contributed by atoms with Gasteiger partial charge in [0.2, 0.25) is 12.2 Å². The average molecular weight is 202 g/mol. The number of amides is 1. The first-order valence-corrected chi connectivity index (χ1v) is 4.60. The first-order chi connectivity index (χ1) is 7.22. The minimum atomic E-state index is -0.293. The van der Waals surface area contributed by atoms with Gasteiger partial charge in [-0.1, -0.05) is 29.8 Å². The summed E-state index contributed by atoms with van der Waals surface area (Å²) in [6.45, 7) is 1.93. The highest BCUT2D eigenvalue weighted by molar-refractivity contribution is 5.92. The number of hydrogen-bond donors (Lipinski definition) is 1. The van der Waals surface area contributed by atoms with Crippen LogP contribution in [-0.4, -0.2) is 18.7 Å². The molecule has 1 radical (unpaired) electrons. The average Bonchev–Trinajstić information content (AvgIpc) is 2.25. The first kappa shape index (κ1) is 11.2. The van der Waals surface area contributed by atoms with Crippen LogP contribution in [0.4, 0.5) is 0 Å². The fourth-order valence-corrected chi connectivity index (χ4v) is 1.03. The highest BCUT2D eigenvalue weighted by Gasteiger charge is 1.93. The molecule has 1 rings (SSSR count). The van der Waals surface area contributed by atoms with Crippen molar-refractivity contribution < 1.29 is 9.59 Å². The second-order valence-electron chi connectivity index (χ2n) is 3.11. The SMILES string of the molecule is Cc1ccc(C=CC(=O)NC[C]=O)cc1. The van der Waals surface area contributed by atoms with E-state index in [-0.39, 0.29) is 12.5 Å². The highest BCUT2D eigenvalue weighted by Crippen LogP contribution is 2.04. The van der Waals surface area contributed by atoms with Crippen LogP contribution in [0.15, 0.2) is 30.3 Å². The molecule has 0 heterocycles. The summed E-state index contributed by atoms with van der Waals surface area (Å²) < 4.78 is 0. The van der Waals surface area contributed by atoms with Gasteiger partial charge in [0.1, 0.15) is 0 Å². The lowest BCUT2D eigenvalue weighted by atomic mass is 10.1. The summed E-state index contributed by atoms with van der Waals surface area (Å²) in [5.41, 5.74) is 2.12. The van der Waals surface area contributed by atoms with Crippen LogP contribution in [0.3, 0.4) is 0 Å². The summed E-state index contributed by atoms with van der Waals surface area (Å²) in [6.07, 6.45) is 4.67. The van der Waals surface area contributed by atoms with E-state index in [1.807, 2.05) is 31.2 Å². The Balaban J connectivity index is 2.53. The fourth-order valence-electron chi connectivity index (χ4n) is 1.03. The molecule has 0 fully saturated rings. The number of carbonyl (C=O) groups excluding carboxylic acids is 2. The zero-order chi connectivity index (χ0) is 11.1. The van der Waals surface area contributed by atoms with Crippen LogP contribution in [-0.2, 0) is 9.59 Å². The Morgan fingerprint density at radius 2 is 2.07 bits per heavy atom. The summed E-state index contributed by atoms with van der Waals surface area (Å²) in [4.78, 5) is 20.9. The monoisotopic (exact) mass is 202 g/mol. The number of rotatable bonds is 4. The Labute approximate surface area is 88.8 Å². The molecule has 0 aliphatic carbocycles. The molecule has 0 unspecified atom stereocenters. The molecule has 15 heavy (non-hydrogen) atoms. The number of hydrogen-bond acceptors (Lipinski definition) is 2. The molecule has 1 aromatic carbocycles. The Kier molecular flexibility index (Phi) is 4.29. The van der Waals surface area contributed by atoms with Gasteiger partial charge >= 0.3 is 0 Å². The van der Waals surface area contributed by atoms with Crippen molar-refractivity contribution in [1.29, 1.82) is 0 Å². The van der Waals surface area contributed by atoms with Crippen LogP contribution in [0.25, 0.3) is 6.08 Å². The van der Waals surface area contributed by atoms with E-state index in [0.717, 1.165) is 5.56 Å². The predicted molar refractivity (Wildman–Crippen MR) is 58.9 cm³/mol. The standard InChI is InChI=1S/C12H12NO2/c1-10-2-4-11(5-3-10)6-7-12(15)13-8-9-14/h2-7H,8H2,1H3,(H,13,15). The molecule has 1 amide bonds. The summed E-state index contributed by atoms with van der Waals surface area (Å²) in [5, 5.41) is 2.36. The maximum absolute atomic E-state index is 11.1. The van der Waals surface area contributed by atoms with Crippen LogP contribution < -0.4 is 5.32 Å². The van der Waals surface area contributed by atoms with Crippen molar-refractivity contribution in [3.8, 4) is 0 Å². The summed E-state index contributed by atoms with van der Waals surface area (Å²) in [7, 11) is 0. The predicted octanol–water partition coefficient (Wildman–Crippen LogP) is 1.23. The van der Waals surface area contributed by atoms with Crippen LogP contribution >= 0.6 is 0 Å². The van der Waals surface area contributed by atoms with Crippen molar-refractivity contribution in [2.45, 2.75) is 6.92 Å². The third-order valence-corrected chi connectivity index (χ3v) is 1.84. The molecule has 0 atom stereocenters. The number of benzene rings is 1. The van der Waals surface area contributed by atoms with Crippen LogP contribution in [0.1, 0.15) is 11.1 Å². The minimum Gasteiger partial charge on any atom is -0.345 e. The summed E-state index contributed by atoms with van der Waals surface area (Å²) >= 11 is 0. The Morgan fingerprint density at radius 1 is 1.40 bits per heavy atom. The molecule has 3 nitrogen and oxygen atoms in total. The van der Waals surface area contributed by atoms with Crippen molar-refractivity contribution in [3.63, 3.8) is 0 Å². The maximum Gasteiger partial charge on any atom is 0.244 e. The molecule has 0 saturated carbocycles. The second-order valence-corrected chi connectivity index (χ2v) is 3.11. The van der Waals surface area contributed by atoms with Crippen LogP contribution in [0, 0.1) is 6.92 Å². The van der Waals surface area contributed by atoms with Gasteiger partial charge in [0.25, 0.3) is 0 Å². The second kappa shape index (κ2) is 5.75. The molecule has 1 N–H and O–H groups in total. The van der Waals surface area contributed by atoms with E-state index in [1.54, 1.807) is 12.4 Å². The zero-order valence-electron chi connectivity index (χ0n) is 8.49. The van der Waals surface area contributed by atoms with E-state index in [2.05, 4.69) is 5.32 Å². The lowest BCUT2D eigenvalue weighted by Crippen LogP contribution is -2.22. The Bertz CT molecular complexity index is 366. The number of aryl methyl sites for hydroxylation is 1. The number of carbonyl (C=O) groups is 1. The maximum atomic E-state index is 11.1. The van der Waals surface area contributed by atoms with E-state index < -0.39 is 0 Å². The molecule has 0 saturated heterocycles. The Hall–Kier alpha value is -1.90. The lowest BCUT2D eigenvalue weighted by molar-refractivity contribution is -0.116. The quantitative estimate of drug-likeness (QED) is 0.746. The molecule has 0 aromatic heterocycles. The van der Waals surface area contributed by atoms with Gasteiger partial charge in [0, 0.05) is 6.08 Å². The largest absolute Gasteiger partial charge is 0.345 e. The fraction of sp³-hybridized carbons (Fsp3) is 0.167. The van der Waals surface area contributed by atoms with Gasteiger partial charge in [-0.05, 0) is 18.6 Å². The summed E-state index contributed by atoms with van der Waals surface area (Å²) in [5.74, 6) is -0.293. The van der Waals surface area contributed by atoms with Gasteiger partial charge in [0.15, 0.2) is 0 Å². The minimum absolute atomic E-state index is 0.0724. The van der Waals surface area contributed by atoms with Crippen molar-refractivity contribution in [3.05, 3.63) is 41.5 Å². The molecule has 1 aromatic rings. The topological polar surface area (TPSA) is 46.2 Å². The van der Waals surface area contributed by atoms with Gasteiger partial charge in [-0.2, -0.15) is 0 Å². The van der Waals surface area contributed by atoms with Gasteiger partial charge in [-0.3, -0.25) is 9.59 Å². The molecule has 0 spiro atoms. The van der Waals surface area contributed by atoms with E-state index in [1.165, 1.54) is 11.6 Å². The van der Waals surface area contributed by atoms with E-state index in [4.69, 9.17) is 0 Å². The molecule has 77 valence electrons. The van der Waals surface area contributed by atoms with Crippen LogP contribution in [0.5, 0.6) is 0 Å². The smallest absolute Gasteiger partial charge is 0.244 e. The van der Waals surface area contributed by atoms with Crippen LogP contribution in [0.2, 0.25) is 0 Å². The molecular weight excluding hydrogens is 190 g/mol. The van der Waals surface area contributed by atoms with E-state index in [0.29, 0.717) is 0 Å². The molecule has 3 heteroatoms. The zero-order valence-corrected chi connectivity index (χ0v) is 8.49. The third-order valence-electron chi connectivity index (χ3n) is 1.84. The van der Waals surface area contributed by atoms with Crippen molar-refractivity contribution in [1.82, 2.24) is 5.32 Å². The van der Waals surface area contributed by atoms with Gasteiger partial charge < -0.3 is 5.32 Å².